The van der Waals surface area contributed by atoms with Gasteiger partial charge in [0.25, 0.3) is 0 Å². The molecule has 0 fully saturated rings. The minimum Gasteiger partial charge on any atom is -0.507 e. The van der Waals surface area contributed by atoms with Crippen molar-refractivity contribution in [2.75, 3.05) is 0 Å². The summed E-state index contributed by atoms with van der Waals surface area (Å²) < 4.78 is 0. The lowest BCUT2D eigenvalue weighted by Gasteiger charge is -1.95. The Morgan fingerprint density at radius 1 is 1.38 bits per heavy atom. The van der Waals surface area contributed by atoms with E-state index < -0.39 is 6.10 Å². The van der Waals surface area contributed by atoms with Crippen LogP contribution < -0.4 is 0 Å². The maximum atomic E-state index is 9.31. The van der Waals surface area contributed by atoms with Crippen LogP contribution in [0.5, 0.6) is 5.75 Å². The molecule has 1 aromatic carbocycles. The van der Waals surface area contributed by atoms with Crippen LogP contribution in [0.1, 0.15) is 18.9 Å². The average Bonchev–Trinajstić information content (AvgIpc) is 2.08. The van der Waals surface area contributed by atoms with Gasteiger partial charge >= 0.3 is 0 Å². The number of phenolic OH excluding ortho intramolecular Hbond substituents is 1. The smallest absolute Gasteiger partial charge is 0.131 e. The van der Waals surface area contributed by atoms with Crippen molar-refractivity contribution in [3.05, 3.63) is 29.8 Å². The van der Waals surface area contributed by atoms with E-state index in [4.69, 9.17) is 5.11 Å². The van der Waals surface area contributed by atoms with E-state index in [1.807, 2.05) is 6.07 Å². The summed E-state index contributed by atoms with van der Waals surface area (Å²) in [5.74, 6) is 5.75. The van der Waals surface area contributed by atoms with Gasteiger partial charge in [0.05, 0.1) is 11.7 Å². The number of aromatic hydroxyl groups is 1. The molecule has 0 radical (unpaired) electrons. The molecule has 1 unspecified atom stereocenters. The quantitative estimate of drug-likeness (QED) is 0.637. The van der Waals surface area contributed by atoms with E-state index in [1.54, 1.807) is 25.1 Å². The summed E-state index contributed by atoms with van der Waals surface area (Å²) in [5, 5.41) is 18.2. The van der Waals surface area contributed by atoms with Gasteiger partial charge in [0.15, 0.2) is 0 Å². The maximum absolute atomic E-state index is 9.31. The second kappa shape index (κ2) is 4.54. The summed E-state index contributed by atoms with van der Waals surface area (Å²) in [7, 11) is 0. The topological polar surface area (TPSA) is 40.5 Å². The number of para-hydroxylation sites is 1. The van der Waals surface area contributed by atoms with Crippen molar-refractivity contribution in [1.29, 1.82) is 0 Å². The van der Waals surface area contributed by atoms with Gasteiger partial charge in [0.1, 0.15) is 5.75 Å². The predicted molar refractivity (Wildman–Crippen MR) is 51.3 cm³/mol. The summed E-state index contributed by atoms with van der Waals surface area (Å²) in [6.45, 7) is 1.68. The third kappa shape index (κ3) is 3.18. The second-order valence-corrected chi connectivity index (χ2v) is 2.87. The lowest BCUT2D eigenvalue weighted by atomic mass is 10.2. The van der Waals surface area contributed by atoms with Crippen LogP contribution in [0.3, 0.4) is 0 Å². The SMILES string of the molecule is CC(O)CC#Cc1ccccc1O. The van der Waals surface area contributed by atoms with Crippen molar-refractivity contribution < 1.29 is 10.2 Å². The molecule has 68 valence electrons. The van der Waals surface area contributed by atoms with Crippen LogP contribution in [0.25, 0.3) is 0 Å². The predicted octanol–water partition coefficient (Wildman–Crippen LogP) is 1.51. The molecule has 1 aromatic rings. The first-order valence-electron chi connectivity index (χ1n) is 4.15. The third-order valence-electron chi connectivity index (χ3n) is 1.52. The molecule has 0 heterocycles. The van der Waals surface area contributed by atoms with Gasteiger partial charge in [-0.25, -0.2) is 0 Å². The Hall–Kier alpha value is -1.46. The fourth-order valence-electron chi connectivity index (χ4n) is 0.873. The molecular formula is C11H12O2. The summed E-state index contributed by atoms with van der Waals surface area (Å²) in [6, 6.07) is 6.89. The fourth-order valence-corrected chi connectivity index (χ4v) is 0.873. The van der Waals surface area contributed by atoms with Gasteiger partial charge in [-0.2, -0.15) is 0 Å². The molecule has 2 N–H and O–H groups in total. The number of hydrogen-bond donors (Lipinski definition) is 2. The highest BCUT2D eigenvalue weighted by molar-refractivity contribution is 5.44. The van der Waals surface area contributed by atoms with Gasteiger partial charge in [-0.3, -0.25) is 0 Å². The van der Waals surface area contributed by atoms with Gasteiger partial charge in [0, 0.05) is 6.42 Å². The summed E-state index contributed by atoms with van der Waals surface area (Å²) in [5.41, 5.74) is 0.600. The van der Waals surface area contributed by atoms with Gasteiger partial charge in [-0.15, -0.1) is 0 Å². The van der Waals surface area contributed by atoms with Crippen LogP contribution in [0.4, 0.5) is 0 Å². The molecule has 0 aromatic heterocycles. The number of phenols is 1. The van der Waals surface area contributed by atoms with Crippen molar-refractivity contribution in [2.24, 2.45) is 0 Å². The first-order valence-corrected chi connectivity index (χ1v) is 4.15. The molecule has 2 heteroatoms. The summed E-state index contributed by atoms with van der Waals surface area (Å²) in [4.78, 5) is 0. The molecule has 1 atom stereocenters. The minimum absolute atomic E-state index is 0.181. The highest BCUT2D eigenvalue weighted by atomic mass is 16.3. The van der Waals surface area contributed by atoms with Crippen LogP contribution >= 0.6 is 0 Å². The van der Waals surface area contributed by atoms with Gasteiger partial charge < -0.3 is 10.2 Å². The van der Waals surface area contributed by atoms with E-state index >= 15 is 0 Å². The Balaban J connectivity index is 2.72. The molecule has 0 saturated heterocycles. The van der Waals surface area contributed by atoms with E-state index in [-0.39, 0.29) is 5.75 Å². The molecule has 0 aliphatic heterocycles. The fraction of sp³-hybridized carbons (Fsp3) is 0.273. The lowest BCUT2D eigenvalue weighted by molar-refractivity contribution is 0.201. The molecular weight excluding hydrogens is 164 g/mol. The zero-order valence-corrected chi connectivity index (χ0v) is 7.49. The molecule has 0 spiro atoms. The molecule has 2 nitrogen and oxygen atoms in total. The molecule has 1 rings (SSSR count). The van der Waals surface area contributed by atoms with E-state index in [1.165, 1.54) is 0 Å². The Morgan fingerprint density at radius 3 is 2.69 bits per heavy atom. The molecule has 0 bridgehead atoms. The van der Waals surface area contributed by atoms with Crippen LogP contribution in [0.15, 0.2) is 24.3 Å². The Morgan fingerprint density at radius 2 is 2.08 bits per heavy atom. The first-order chi connectivity index (χ1) is 6.20. The second-order valence-electron chi connectivity index (χ2n) is 2.87. The zero-order valence-electron chi connectivity index (χ0n) is 7.49. The number of aliphatic hydroxyl groups excluding tert-OH is 1. The highest BCUT2D eigenvalue weighted by Crippen LogP contribution is 2.13. The lowest BCUT2D eigenvalue weighted by Crippen LogP contribution is -1.95. The molecule has 0 aliphatic rings. The molecule has 13 heavy (non-hydrogen) atoms. The average molecular weight is 176 g/mol. The number of hydrogen-bond acceptors (Lipinski definition) is 2. The summed E-state index contributed by atoms with van der Waals surface area (Å²) >= 11 is 0. The van der Waals surface area contributed by atoms with Crippen molar-refractivity contribution in [3.63, 3.8) is 0 Å². The standard InChI is InChI=1S/C11H12O2/c1-9(12)5-4-7-10-6-2-3-8-11(10)13/h2-3,6,8-9,12-13H,5H2,1H3. The zero-order chi connectivity index (χ0) is 9.68. The van der Waals surface area contributed by atoms with Crippen LogP contribution in [-0.4, -0.2) is 16.3 Å². The monoisotopic (exact) mass is 176 g/mol. The van der Waals surface area contributed by atoms with Gasteiger partial charge in [0.2, 0.25) is 0 Å². The van der Waals surface area contributed by atoms with E-state index in [0.717, 1.165) is 0 Å². The van der Waals surface area contributed by atoms with Crippen molar-refractivity contribution >= 4 is 0 Å². The van der Waals surface area contributed by atoms with Gasteiger partial charge in [-0.05, 0) is 19.1 Å². The number of benzene rings is 1. The highest BCUT2D eigenvalue weighted by Gasteiger charge is 1.93. The number of rotatable bonds is 1. The molecule has 0 amide bonds. The van der Waals surface area contributed by atoms with Crippen molar-refractivity contribution in [3.8, 4) is 17.6 Å². The van der Waals surface area contributed by atoms with Crippen LogP contribution in [-0.2, 0) is 0 Å². The largest absolute Gasteiger partial charge is 0.507 e. The Bertz CT molecular complexity index is 331. The van der Waals surface area contributed by atoms with Crippen LogP contribution in [0.2, 0.25) is 0 Å². The van der Waals surface area contributed by atoms with E-state index in [0.29, 0.717) is 12.0 Å². The van der Waals surface area contributed by atoms with Crippen molar-refractivity contribution in [1.82, 2.24) is 0 Å². The molecule has 0 aliphatic carbocycles. The van der Waals surface area contributed by atoms with Crippen LogP contribution in [0, 0.1) is 11.8 Å². The maximum Gasteiger partial charge on any atom is 0.131 e. The Kier molecular flexibility index (Phi) is 3.36. The normalized spacial score (nSPS) is 11.5. The Labute approximate surface area is 77.8 Å². The minimum atomic E-state index is -0.418. The van der Waals surface area contributed by atoms with Gasteiger partial charge in [-0.1, -0.05) is 24.0 Å². The summed E-state index contributed by atoms with van der Waals surface area (Å²) in [6.07, 6.45) is 0.00675. The van der Waals surface area contributed by atoms with Crippen molar-refractivity contribution in [2.45, 2.75) is 19.4 Å². The van der Waals surface area contributed by atoms with E-state index in [9.17, 15) is 5.11 Å². The third-order valence-corrected chi connectivity index (χ3v) is 1.52. The first kappa shape index (κ1) is 9.63. The van der Waals surface area contributed by atoms with E-state index in [2.05, 4.69) is 11.8 Å². The number of aliphatic hydroxyl groups is 1. The molecule has 0 saturated carbocycles.